The number of benzene rings is 10. The molecule has 12 aromatic rings. The van der Waals surface area contributed by atoms with E-state index in [4.69, 9.17) is 4.42 Å². The second-order valence-corrected chi connectivity index (χ2v) is 15.5. The Kier molecular flexibility index (Phi) is 6.28. The molecule has 250 valence electrons. The van der Waals surface area contributed by atoms with Gasteiger partial charge in [-0.15, -0.1) is 11.3 Å². The molecule has 10 aromatic carbocycles. The van der Waals surface area contributed by atoms with E-state index < -0.39 is 0 Å². The van der Waals surface area contributed by atoms with Gasteiger partial charge in [0.25, 0.3) is 0 Å². The third kappa shape index (κ3) is 4.38. The van der Waals surface area contributed by atoms with Gasteiger partial charge in [0.05, 0.1) is 0 Å². The van der Waals surface area contributed by atoms with Gasteiger partial charge in [-0.05, 0) is 119 Å². The standard InChI is InChI=1S/C52H30OS/c1-2-10-34-27-37(22-19-31(34)9-1)51-40-13-5-3-11-38(40)50(39-12-4-6-14-41(39)51)33-20-17-32(18-21-33)35-24-26-48-44(28-35)45-30-43-36(29-49(45)54-48)23-25-47-52(43)42-15-7-8-16-46(42)53-47/h1-30H. The molecule has 0 radical (unpaired) electrons. The molecule has 0 saturated carbocycles. The molecule has 0 saturated heterocycles. The monoisotopic (exact) mass is 702 g/mol. The van der Waals surface area contributed by atoms with Crippen molar-refractivity contribution in [2.75, 3.05) is 0 Å². The fourth-order valence-electron chi connectivity index (χ4n) is 8.92. The fraction of sp³-hybridized carbons (Fsp3) is 0. The Morgan fingerprint density at radius 2 is 0.870 bits per heavy atom. The summed E-state index contributed by atoms with van der Waals surface area (Å²) in [5.41, 5.74) is 9.35. The van der Waals surface area contributed by atoms with Gasteiger partial charge in [0.2, 0.25) is 0 Å². The van der Waals surface area contributed by atoms with Gasteiger partial charge >= 0.3 is 0 Å². The number of hydrogen-bond donors (Lipinski definition) is 0. The minimum absolute atomic E-state index is 0.933. The first-order chi connectivity index (χ1) is 26.7. The van der Waals surface area contributed by atoms with Crippen LogP contribution in [0.2, 0.25) is 0 Å². The van der Waals surface area contributed by atoms with Crippen molar-refractivity contribution in [2.45, 2.75) is 0 Å². The van der Waals surface area contributed by atoms with Crippen LogP contribution < -0.4 is 0 Å². The maximum absolute atomic E-state index is 6.25. The van der Waals surface area contributed by atoms with E-state index in [1.165, 1.54) is 107 Å². The Bertz CT molecular complexity index is 3430. The quantitative estimate of drug-likeness (QED) is 0.167. The van der Waals surface area contributed by atoms with Crippen molar-refractivity contribution in [3.63, 3.8) is 0 Å². The largest absolute Gasteiger partial charge is 0.456 e. The van der Waals surface area contributed by atoms with E-state index in [2.05, 4.69) is 176 Å². The molecule has 0 aliphatic rings. The number of para-hydroxylation sites is 1. The van der Waals surface area contributed by atoms with E-state index in [0.29, 0.717) is 0 Å². The van der Waals surface area contributed by atoms with E-state index in [1.54, 1.807) is 0 Å². The summed E-state index contributed by atoms with van der Waals surface area (Å²) in [7, 11) is 0. The molecule has 0 atom stereocenters. The summed E-state index contributed by atoms with van der Waals surface area (Å²) in [6, 6.07) is 66.9. The molecule has 1 nitrogen and oxygen atoms in total. The third-order valence-electron chi connectivity index (χ3n) is 11.4. The molecule has 0 N–H and O–H groups in total. The van der Waals surface area contributed by atoms with Crippen LogP contribution >= 0.6 is 11.3 Å². The van der Waals surface area contributed by atoms with Crippen LogP contribution in [0.1, 0.15) is 0 Å². The van der Waals surface area contributed by atoms with Gasteiger partial charge in [-0.3, -0.25) is 0 Å². The summed E-state index contributed by atoms with van der Waals surface area (Å²) >= 11 is 1.87. The summed E-state index contributed by atoms with van der Waals surface area (Å²) in [5, 5.41) is 15.0. The molecular weight excluding hydrogens is 673 g/mol. The van der Waals surface area contributed by atoms with Gasteiger partial charge in [0.15, 0.2) is 0 Å². The van der Waals surface area contributed by atoms with Crippen molar-refractivity contribution in [1.29, 1.82) is 0 Å². The van der Waals surface area contributed by atoms with Crippen LogP contribution in [0.3, 0.4) is 0 Å². The fourth-order valence-corrected chi connectivity index (χ4v) is 10.0. The van der Waals surface area contributed by atoms with Crippen LogP contribution in [0, 0.1) is 0 Å². The van der Waals surface area contributed by atoms with Crippen LogP contribution in [0.15, 0.2) is 186 Å². The summed E-state index contributed by atoms with van der Waals surface area (Å²) in [4.78, 5) is 0. The van der Waals surface area contributed by atoms with E-state index >= 15 is 0 Å². The summed E-state index contributed by atoms with van der Waals surface area (Å²) in [6.07, 6.45) is 0. The lowest BCUT2D eigenvalue weighted by Crippen LogP contribution is -1.91. The Hall–Kier alpha value is -6.74. The lowest BCUT2D eigenvalue weighted by Gasteiger charge is -2.18. The Balaban J connectivity index is 1.00. The average molecular weight is 703 g/mol. The molecule has 0 spiro atoms. The van der Waals surface area contributed by atoms with Crippen molar-refractivity contribution in [2.24, 2.45) is 0 Å². The summed E-state index contributed by atoms with van der Waals surface area (Å²) in [5.74, 6) is 0. The van der Waals surface area contributed by atoms with Gasteiger partial charge in [-0.1, -0.05) is 140 Å². The molecule has 0 aliphatic carbocycles. The van der Waals surface area contributed by atoms with Crippen molar-refractivity contribution in [3.8, 4) is 33.4 Å². The van der Waals surface area contributed by atoms with E-state index in [-0.39, 0.29) is 0 Å². The molecule has 0 bridgehead atoms. The predicted octanol–water partition coefficient (Wildman–Crippen LogP) is 15.6. The Labute approximate surface area is 314 Å². The van der Waals surface area contributed by atoms with Gasteiger partial charge in [-0.2, -0.15) is 0 Å². The highest BCUT2D eigenvalue weighted by molar-refractivity contribution is 7.25. The first-order valence-corrected chi connectivity index (χ1v) is 19.3. The maximum Gasteiger partial charge on any atom is 0.136 e. The minimum atomic E-state index is 0.933. The lowest BCUT2D eigenvalue weighted by molar-refractivity contribution is 0.669. The number of rotatable bonds is 3. The summed E-state index contributed by atoms with van der Waals surface area (Å²) in [6.45, 7) is 0. The summed E-state index contributed by atoms with van der Waals surface area (Å²) < 4.78 is 8.86. The minimum Gasteiger partial charge on any atom is -0.456 e. The highest BCUT2D eigenvalue weighted by Crippen LogP contribution is 2.45. The predicted molar refractivity (Wildman–Crippen MR) is 233 cm³/mol. The topological polar surface area (TPSA) is 13.1 Å². The first kappa shape index (κ1) is 29.8. The number of hydrogen-bond acceptors (Lipinski definition) is 2. The lowest BCUT2D eigenvalue weighted by atomic mass is 9.85. The molecule has 0 unspecified atom stereocenters. The Morgan fingerprint density at radius 3 is 1.63 bits per heavy atom. The number of thiophene rings is 1. The van der Waals surface area contributed by atoms with Gasteiger partial charge in [0, 0.05) is 30.9 Å². The normalized spacial score (nSPS) is 12.1. The zero-order valence-electron chi connectivity index (χ0n) is 29.1. The maximum atomic E-state index is 6.25. The van der Waals surface area contributed by atoms with Gasteiger partial charge < -0.3 is 4.42 Å². The highest BCUT2D eigenvalue weighted by Gasteiger charge is 2.18. The first-order valence-electron chi connectivity index (χ1n) is 18.5. The molecule has 2 aromatic heterocycles. The van der Waals surface area contributed by atoms with Crippen molar-refractivity contribution >= 4 is 96.5 Å². The van der Waals surface area contributed by atoms with Crippen LogP contribution in [-0.4, -0.2) is 0 Å². The second-order valence-electron chi connectivity index (χ2n) is 14.4. The molecular formula is C52H30OS. The third-order valence-corrected chi connectivity index (χ3v) is 12.6. The van der Waals surface area contributed by atoms with Crippen molar-refractivity contribution < 1.29 is 4.42 Å². The van der Waals surface area contributed by atoms with Crippen LogP contribution in [0.4, 0.5) is 0 Å². The molecule has 54 heavy (non-hydrogen) atoms. The smallest absolute Gasteiger partial charge is 0.136 e. The number of furan rings is 1. The average Bonchev–Trinajstić information content (AvgIpc) is 3.79. The van der Waals surface area contributed by atoms with Gasteiger partial charge in [-0.25, -0.2) is 0 Å². The molecule has 0 amide bonds. The van der Waals surface area contributed by atoms with Crippen LogP contribution in [0.5, 0.6) is 0 Å². The zero-order valence-corrected chi connectivity index (χ0v) is 30.0. The second kappa shape index (κ2) is 11.4. The van der Waals surface area contributed by atoms with Crippen LogP contribution in [-0.2, 0) is 0 Å². The van der Waals surface area contributed by atoms with E-state index in [0.717, 1.165) is 11.2 Å². The highest BCUT2D eigenvalue weighted by atomic mass is 32.1. The Morgan fingerprint density at radius 1 is 0.296 bits per heavy atom. The molecule has 12 rings (SSSR count). The SMILES string of the molecule is c1ccc2cc(-c3c4ccccc4c(-c4ccc(-c5ccc6sc7cc8ccc9oc%10ccccc%10c9c8cc7c6c5)cc4)c4ccccc34)ccc2c1. The molecule has 2 heterocycles. The molecule has 0 aliphatic heterocycles. The van der Waals surface area contributed by atoms with Gasteiger partial charge in [0.1, 0.15) is 11.2 Å². The van der Waals surface area contributed by atoms with E-state index in [1.807, 2.05) is 17.4 Å². The van der Waals surface area contributed by atoms with Crippen molar-refractivity contribution in [1.82, 2.24) is 0 Å². The zero-order chi connectivity index (χ0) is 35.3. The van der Waals surface area contributed by atoms with Crippen LogP contribution in [0.25, 0.3) is 119 Å². The van der Waals surface area contributed by atoms with Crippen molar-refractivity contribution in [3.05, 3.63) is 182 Å². The van der Waals surface area contributed by atoms with E-state index in [9.17, 15) is 0 Å². The number of fused-ring (bicyclic) bond motifs is 11. The molecule has 0 fully saturated rings. The molecule has 2 heteroatoms.